The lowest BCUT2D eigenvalue weighted by Gasteiger charge is -2.28. The highest BCUT2D eigenvalue weighted by molar-refractivity contribution is 5.84. The molecule has 1 aliphatic heterocycles. The van der Waals surface area contributed by atoms with Crippen LogP contribution >= 0.6 is 0 Å². The average Bonchev–Trinajstić information content (AvgIpc) is 2.72. The van der Waals surface area contributed by atoms with Gasteiger partial charge in [0, 0.05) is 5.69 Å². The lowest BCUT2D eigenvalue weighted by atomic mass is 10.3. The molecule has 0 aromatic carbocycles. The summed E-state index contributed by atoms with van der Waals surface area (Å²) in [5, 5.41) is 0. The summed E-state index contributed by atoms with van der Waals surface area (Å²) < 4.78 is 6.48. The van der Waals surface area contributed by atoms with Crippen LogP contribution in [-0.4, -0.2) is 40.8 Å². The van der Waals surface area contributed by atoms with Gasteiger partial charge in [-0.1, -0.05) is 0 Å². The Morgan fingerprint density at radius 2 is 2.22 bits per heavy atom. The highest BCUT2D eigenvalue weighted by Gasteiger charge is 2.26. The van der Waals surface area contributed by atoms with Gasteiger partial charge in [0.1, 0.15) is 13.1 Å². The van der Waals surface area contributed by atoms with Crippen LogP contribution in [0.4, 0.5) is 0 Å². The topological polar surface area (TPSA) is 68.6 Å². The van der Waals surface area contributed by atoms with Gasteiger partial charge >= 0.3 is 5.97 Å². The van der Waals surface area contributed by atoms with Gasteiger partial charge < -0.3 is 14.2 Å². The predicted molar refractivity (Wildman–Crippen MR) is 61.9 cm³/mol. The molecule has 96 valence electrons. The Bertz CT molecular complexity index is 492. The largest absolute Gasteiger partial charge is 0.465 e. The lowest BCUT2D eigenvalue weighted by molar-refractivity contribution is -0.150. The van der Waals surface area contributed by atoms with Crippen LogP contribution in [0.1, 0.15) is 23.1 Å². The molecule has 0 spiro atoms. The maximum atomic E-state index is 11.8. The van der Waals surface area contributed by atoms with Gasteiger partial charge in [-0.15, -0.1) is 0 Å². The Morgan fingerprint density at radius 1 is 1.44 bits per heavy atom. The second-order valence-electron chi connectivity index (χ2n) is 4.01. The van der Waals surface area contributed by atoms with Crippen molar-refractivity contribution in [1.82, 2.24) is 9.47 Å². The molecule has 0 radical (unpaired) electrons. The number of ether oxygens (including phenoxy) is 1. The van der Waals surface area contributed by atoms with Gasteiger partial charge in [-0.25, -0.2) is 0 Å². The second-order valence-corrected chi connectivity index (χ2v) is 4.01. The number of carbonyl (C=O) groups excluding carboxylic acids is 3. The second kappa shape index (κ2) is 5.03. The summed E-state index contributed by atoms with van der Waals surface area (Å²) in [4.78, 5) is 35.4. The maximum absolute atomic E-state index is 11.8. The van der Waals surface area contributed by atoms with Gasteiger partial charge in [0.05, 0.1) is 18.8 Å². The Balaban J connectivity index is 2.11. The summed E-state index contributed by atoms with van der Waals surface area (Å²) in [6.45, 7) is 2.39. The summed E-state index contributed by atoms with van der Waals surface area (Å²) in [5.41, 5.74) is 1.33. The Morgan fingerprint density at radius 3 is 2.89 bits per heavy atom. The first kappa shape index (κ1) is 12.3. The third kappa shape index (κ3) is 2.27. The highest BCUT2D eigenvalue weighted by Crippen LogP contribution is 2.16. The van der Waals surface area contributed by atoms with Crippen molar-refractivity contribution in [1.29, 1.82) is 0 Å². The van der Waals surface area contributed by atoms with Crippen LogP contribution in [0.2, 0.25) is 0 Å². The van der Waals surface area contributed by atoms with E-state index in [1.165, 1.54) is 4.90 Å². The van der Waals surface area contributed by atoms with Crippen molar-refractivity contribution in [3.63, 3.8) is 0 Å². The Labute approximate surface area is 104 Å². The third-order valence-corrected chi connectivity index (χ3v) is 2.85. The maximum Gasteiger partial charge on any atom is 0.325 e. The molecule has 6 heteroatoms. The fourth-order valence-electron chi connectivity index (χ4n) is 1.99. The van der Waals surface area contributed by atoms with Crippen molar-refractivity contribution in [2.75, 3.05) is 13.2 Å². The smallest absolute Gasteiger partial charge is 0.325 e. The van der Waals surface area contributed by atoms with E-state index in [2.05, 4.69) is 0 Å². The van der Waals surface area contributed by atoms with E-state index in [-0.39, 0.29) is 19.0 Å². The normalized spacial score (nSPS) is 14.3. The van der Waals surface area contributed by atoms with Crippen molar-refractivity contribution in [3.05, 3.63) is 23.5 Å². The first-order chi connectivity index (χ1) is 8.65. The molecule has 0 aliphatic carbocycles. The molecule has 0 bridgehead atoms. The third-order valence-electron chi connectivity index (χ3n) is 2.85. The molecular formula is C12H14N2O4. The van der Waals surface area contributed by atoms with Crippen molar-refractivity contribution >= 4 is 18.2 Å². The lowest BCUT2D eigenvalue weighted by Crippen LogP contribution is -2.42. The SMILES string of the molecule is CCOC(=O)CN1Cc2ccc(C=O)n2CC1=O. The van der Waals surface area contributed by atoms with Crippen LogP contribution in [0.15, 0.2) is 12.1 Å². The van der Waals surface area contributed by atoms with E-state index < -0.39 is 5.97 Å². The fourth-order valence-corrected chi connectivity index (χ4v) is 1.99. The Hall–Kier alpha value is -2.11. The predicted octanol–water partition coefficient (Wildman–Crippen LogP) is 0.206. The van der Waals surface area contributed by atoms with Crippen molar-refractivity contribution in [3.8, 4) is 0 Å². The molecule has 0 unspecified atom stereocenters. The molecule has 1 amide bonds. The molecule has 2 heterocycles. The number of rotatable bonds is 4. The standard InChI is InChI=1S/C12H14N2O4/c1-2-18-12(17)7-13-5-9-3-4-10(8-15)14(9)6-11(13)16/h3-4,8H,2,5-7H2,1H3. The number of aldehydes is 1. The van der Waals surface area contributed by atoms with Gasteiger partial charge in [0.25, 0.3) is 0 Å². The van der Waals surface area contributed by atoms with Gasteiger partial charge in [0.15, 0.2) is 6.29 Å². The van der Waals surface area contributed by atoms with Crippen LogP contribution in [0.3, 0.4) is 0 Å². The summed E-state index contributed by atoms with van der Waals surface area (Å²) in [6.07, 6.45) is 0.720. The Kier molecular flexibility index (Phi) is 3.45. The van der Waals surface area contributed by atoms with E-state index in [0.717, 1.165) is 12.0 Å². The summed E-state index contributed by atoms with van der Waals surface area (Å²) in [5.74, 6) is -0.601. The van der Waals surface area contributed by atoms with Gasteiger partial charge in [0.2, 0.25) is 5.91 Å². The zero-order chi connectivity index (χ0) is 13.1. The quantitative estimate of drug-likeness (QED) is 0.565. The average molecular weight is 250 g/mol. The number of aromatic nitrogens is 1. The molecular weight excluding hydrogens is 236 g/mol. The molecule has 1 aromatic rings. The molecule has 0 N–H and O–H groups in total. The number of carbonyl (C=O) groups is 3. The molecule has 0 fully saturated rings. The van der Waals surface area contributed by atoms with Gasteiger partial charge in [-0.3, -0.25) is 14.4 Å². The van der Waals surface area contributed by atoms with E-state index in [0.29, 0.717) is 18.8 Å². The number of nitrogens with zero attached hydrogens (tertiary/aromatic N) is 2. The van der Waals surface area contributed by atoms with E-state index in [1.807, 2.05) is 0 Å². The van der Waals surface area contributed by atoms with Crippen LogP contribution in [0.25, 0.3) is 0 Å². The van der Waals surface area contributed by atoms with Crippen molar-refractivity contribution < 1.29 is 19.1 Å². The van der Waals surface area contributed by atoms with Crippen LogP contribution in [0, 0.1) is 0 Å². The van der Waals surface area contributed by atoms with Crippen molar-refractivity contribution in [2.45, 2.75) is 20.0 Å². The summed E-state index contributed by atoms with van der Waals surface area (Å²) >= 11 is 0. The number of amides is 1. The van der Waals surface area contributed by atoms with E-state index in [9.17, 15) is 14.4 Å². The number of esters is 1. The van der Waals surface area contributed by atoms with Gasteiger partial charge in [-0.2, -0.15) is 0 Å². The number of hydrogen-bond donors (Lipinski definition) is 0. The molecule has 2 rings (SSSR count). The number of fused-ring (bicyclic) bond motifs is 1. The first-order valence-electron chi connectivity index (χ1n) is 5.72. The molecule has 0 saturated heterocycles. The zero-order valence-corrected chi connectivity index (χ0v) is 10.1. The minimum Gasteiger partial charge on any atom is -0.465 e. The minimum absolute atomic E-state index is 0.0473. The van der Waals surface area contributed by atoms with Crippen molar-refractivity contribution in [2.24, 2.45) is 0 Å². The molecule has 0 saturated carbocycles. The van der Waals surface area contributed by atoms with Gasteiger partial charge in [-0.05, 0) is 19.1 Å². The van der Waals surface area contributed by atoms with Crippen LogP contribution in [-0.2, 0) is 27.4 Å². The first-order valence-corrected chi connectivity index (χ1v) is 5.72. The molecule has 18 heavy (non-hydrogen) atoms. The zero-order valence-electron chi connectivity index (χ0n) is 10.1. The van der Waals surface area contributed by atoms with E-state index in [4.69, 9.17) is 4.74 Å². The van der Waals surface area contributed by atoms with Crippen LogP contribution < -0.4 is 0 Å². The molecule has 1 aromatic heterocycles. The van der Waals surface area contributed by atoms with E-state index in [1.54, 1.807) is 23.6 Å². The summed E-state index contributed by atoms with van der Waals surface area (Å²) in [6, 6.07) is 3.46. The summed E-state index contributed by atoms with van der Waals surface area (Å²) in [7, 11) is 0. The molecule has 6 nitrogen and oxygen atoms in total. The molecule has 0 atom stereocenters. The fraction of sp³-hybridized carbons (Fsp3) is 0.417. The van der Waals surface area contributed by atoms with Crippen LogP contribution in [0.5, 0.6) is 0 Å². The highest BCUT2D eigenvalue weighted by atomic mass is 16.5. The number of hydrogen-bond acceptors (Lipinski definition) is 4. The minimum atomic E-state index is -0.415. The van der Waals surface area contributed by atoms with E-state index >= 15 is 0 Å². The monoisotopic (exact) mass is 250 g/mol. The molecule has 1 aliphatic rings.